The van der Waals surface area contributed by atoms with Gasteiger partial charge >= 0.3 is 11.9 Å². The summed E-state index contributed by atoms with van der Waals surface area (Å²) in [4.78, 5) is 28.3. The molecule has 2 atom stereocenters. The first-order chi connectivity index (χ1) is 15.8. The van der Waals surface area contributed by atoms with Crippen LogP contribution >= 0.6 is 0 Å². The largest absolute Gasteiger partial charge is 0.457 e. The van der Waals surface area contributed by atoms with E-state index < -0.39 is 6.10 Å². The number of hydrogen-bond acceptors (Lipinski definition) is 7. The van der Waals surface area contributed by atoms with E-state index in [4.69, 9.17) is 9.47 Å². The molecule has 0 aliphatic carbocycles. The number of benzene rings is 1. The van der Waals surface area contributed by atoms with E-state index in [1.54, 1.807) is 6.07 Å². The maximum absolute atomic E-state index is 11.8. The number of aliphatic hydroxyl groups is 1. The van der Waals surface area contributed by atoms with E-state index >= 15 is 0 Å². The van der Waals surface area contributed by atoms with Gasteiger partial charge in [-0.25, -0.2) is 9.59 Å². The van der Waals surface area contributed by atoms with Crippen molar-refractivity contribution < 1.29 is 24.2 Å². The Morgan fingerprint density at radius 2 is 1.76 bits per heavy atom. The standard InChI is InChI=1S/C26H34N2O5/c1-16-12-28(22-15-33-24(30)18(22)3)11-8-26(16)6-9-27(10-7-26)13-23(29)19-4-5-20-21(17(19)2)14-32-25(20)31/h4-5,16,23,29H,6-15H2,1-3H3/t16-,23-/m0/s1. The van der Waals surface area contributed by atoms with Crippen LogP contribution in [0.3, 0.4) is 0 Å². The number of piperidine rings is 2. The van der Waals surface area contributed by atoms with Crippen LogP contribution in [0.15, 0.2) is 23.4 Å². The van der Waals surface area contributed by atoms with E-state index in [9.17, 15) is 14.7 Å². The molecule has 1 aromatic rings. The molecular weight excluding hydrogens is 420 g/mol. The van der Waals surface area contributed by atoms with Crippen molar-refractivity contribution in [2.75, 3.05) is 39.3 Å². The SMILES string of the molecule is CC1=C(N2CCC3(CCN(C[C@H](O)c4ccc5c(c4C)COC5=O)CC3)[C@@H](C)C2)COC1=O. The van der Waals surface area contributed by atoms with Gasteiger partial charge in [-0.05, 0) is 74.7 Å². The summed E-state index contributed by atoms with van der Waals surface area (Å²) in [6.07, 6.45) is 2.82. The van der Waals surface area contributed by atoms with E-state index in [2.05, 4.69) is 16.7 Å². The lowest BCUT2D eigenvalue weighted by Gasteiger charge is -2.51. The van der Waals surface area contributed by atoms with Crippen LogP contribution in [0.2, 0.25) is 0 Å². The second-order valence-corrected chi connectivity index (χ2v) is 10.3. The van der Waals surface area contributed by atoms with Crippen molar-refractivity contribution in [1.82, 2.24) is 9.80 Å². The molecular formula is C26H34N2O5. The fourth-order valence-corrected chi connectivity index (χ4v) is 6.26. The second kappa shape index (κ2) is 8.44. The Balaban J connectivity index is 1.19. The summed E-state index contributed by atoms with van der Waals surface area (Å²) < 4.78 is 10.4. The number of esters is 2. The number of likely N-dealkylation sites (tertiary alicyclic amines) is 2. The summed E-state index contributed by atoms with van der Waals surface area (Å²) in [7, 11) is 0. The number of β-amino-alcohol motifs (C(OH)–C–C–N with tert-alkyl or cyclic N) is 1. The van der Waals surface area contributed by atoms with Gasteiger partial charge in [0.2, 0.25) is 0 Å². The maximum atomic E-state index is 11.8. The van der Waals surface area contributed by atoms with Crippen LogP contribution in [0.1, 0.15) is 66.3 Å². The Kier molecular flexibility index (Phi) is 5.73. The molecule has 4 aliphatic rings. The molecule has 2 saturated heterocycles. The zero-order chi connectivity index (χ0) is 23.3. The van der Waals surface area contributed by atoms with Crippen molar-refractivity contribution in [1.29, 1.82) is 0 Å². The van der Waals surface area contributed by atoms with Crippen molar-refractivity contribution >= 4 is 11.9 Å². The number of hydrogen-bond donors (Lipinski definition) is 1. The Morgan fingerprint density at radius 1 is 1.06 bits per heavy atom. The van der Waals surface area contributed by atoms with Gasteiger partial charge in [0, 0.05) is 25.2 Å². The van der Waals surface area contributed by atoms with Crippen molar-refractivity contribution in [2.24, 2.45) is 11.3 Å². The summed E-state index contributed by atoms with van der Waals surface area (Å²) in [6.45, 7) is 11.4. The molecule has 0 aromatic heterocycles. The van der Waals surface area contributed by atoms with Gasteiger partial charge in [-0.2, -0.15) is 0 Å². The number of cyclic esters (lactones) is 2. The molecule has 0 saturated carbocycles. The normalized spacial score (nSPS) is 25.9. The minimum Gasteiger partial charge on any atom is -0.457 e. The molecule has 0 bridgehead atoms. The first-order valence-electron chi connectivity index (χ1n) is 12.1. The van der Waals surface area contributed by atoms with E-state index in [0.717, 1.165) is 73.4 Å². The van der Waals surface area contributed by atoms with Crippen LogP contribution in [-0.2, 0) is 20.9 Å². The molecule has 5 rings (SSSR count). The Morgan fingerprint density at radius 3 is 2.42 bits per heavy atom. The van der Waals surface area contributed by atoms with Crippen LogP contribution in [0.25, 0.3) is 0 Å². The Labute approximate surface area is 195 Å². The average Bonchev–Trinajstić information content (AvgIpc) is 3.34. The van der Waals surface area contributed by atoms with Gasteiger partial charge in [0.15, 0.2) is 0 Å². The van der Waals surface area contributed by atoms with E-state index in [1.165, 1.54) is 0 Å². The van der Waals surface area contributed by atoms with Gasteiger partial charge < -0.3 is 24.4 Å². The fourth-order valence-electron chi connectivity index (χ4n) is 6.26. The monoisotopic (exact) mass is 454 g/mol. The van der Waals surface area contributed by atoms with Crippen LogP contribution in [-0.4, -0.2) is 66.2 Å². The molecule has 0 radical (unpaired) electrons. The van der Waals surface area contributed by atoms with Gasteiger partial charge in [0.05, 0.1) is 22.9 Å². The summed E-state index contributed by atoms with van der Waals surface area (Å²) in [5.74, 6) is 0.0995. The summed E-state index contributed by atoms with van der Waals surface area (Å²) >= 11 is 0. The number of carbonyl (C=O) groups excluding carboxylic acids is 2. The zero-order valence-corrected chi connectivity index (χ0v) is 19.9. The highest BCUT2D eigenvalue weighted by Crippen LogP contribution is 2.46. The number of nitrogens with zero attached hydrogens (tertiary/aromatic N) is 2. The van der Waals surface area contributed by atoms with Gasteiger partial charge in [0.25, 0.3) is 0 Å². The topological polar surface area (TPSA) is 79.3 Å². The Bertz CT molecular complexity index is 1010. The second-order valence-electron chi connectivity index (χ2n) is 10.3. The summed E-state index contributed by atoms with van der Waals surface area (Å²) in [5, 5.41) is 11.0. The molecule has 4 aliphatic heterocycles. The third-order valence-corrected chi connectivity index (χ3v) is 8.73. The highest BCUT2D eigenvalue weighted by Gasteiger charge is 2.44. The van der Waals surface area contributed by atoms with Crippen molar-refractivity contribution in [3.05, 3.63) is 45.7 Å². The molecule has 7 heteroatoms. The molecule has 4 heterocycles. The predicted molar refractivity (Wildman–Crippen MR) is 122 cm³/mol. The number of carbonyl (C=O) groups is 2. The molecule has 2 fully saturated rings. The van der Waals surface area contributed by atoms with Gasteiger partial charge in [-0.3, -0.25) is 0 Å². The molecule has 178 valence electrons. The zero-order valence-electron chi connectivity index (χ0n) is 19.9. The van der Waals surface area contributed by atoms with Crippen molar-refractivity contribution in [2.45, 2.75) is 52.7 Å². The summed E-state index contributed by atoms with van der Waals surface area (Å²) in [5.41, 5.74) is 5.57. The predicted octanol–water partition coefficient (Wildman–Crippen LogP) is 2.95. The smallest absolute Gasteiger partial charge is 0.338 e. The molecule has 7 nitrogen and oxygen atoms in total. The molecule has 33 heavy (non-hydrogen) atoms. The first kappa shape index (κ1) is 22.4. The quantitative estimate of drug-likeness (QED) is 0.701. The Hall–Kier alpha value is -2.38. The van der Waals surface area contributed by atoms with Gasteiger partial charge in [-0.1, -0.05) is 13.0 Å². The third-order valence-electron chi connectivity index (χ3n) is 8.73. The molecule has 1 aromatic carbocycles. The molecule has 1 spiro atoms. The maximum Gasteiger partial charge on any atom is 0.338 e. The molecule has 0 unspecified atom stereocenters. The van der Waals surface area contributed by atoms with E-state index in [0.29, 0.717) is 36.7 Å². The number of ether oxygens (including phenoxy) is 2. The lowest BCUT2D eigenvalue weighted by molar-refractivity contribution is -0.136. The van der Waals surface area contributed by atoms with Crippen LogP contribution in [0.5, 0.6) is 0 Å². The molecule has 0 amide bonds. The lowest BCUT2D eigenvalue weighted by atomic mass is 9.65. The third kappa shape index (κ3) is 3.85. The number of rotatable bonds is 4. The van der Waals surface area contributed by atoms with Crippen LogP contribution in [0, 0.1) is 18.3 Å². The number of aliphatic hydroxyl groups excluding tert-OH is 1. The molecule has 1 N–H and O–H groups in total. The van der Waals surface area contributed by atoms with Crippen molar-refractivity contribution in [3.63, 3.8) is 0 Å². The minimum atomic E-state index is -0.575. The van der Waals surface area contributed by atoms with Gasteiger partial charge in [0.1, 0.15) is 13.2 Å². The minimum absolute atomic E-state index is 0.178. The average molecular weight is 455 g/mol. The highest BCUT2D eigenvalue weighted by atomic mass is 16.5. The van der Waals surface area contributed by atoms with E-state index in [-0.39, 0.29) is 11.9 Å². The van der Waals surface area contributed by atoms with E-state index in [1.807, 2.05) is 19.9 Å². The fraction of sp³-hybridized carbons (Fsp3) is 0.615. The summed E-state index contributed by atoms with van der Waals surface area (Å²) in [6, 6.07) is 3.67. The number of fused-ring (bicyclic) bond motifs is 1. The first-order valence-corrected chi connectivity index (χ1v) is 12.1. The van der Waals surface area contributed by atoms with Crippen LogP contribution in [0.4, 0.5) is 0 Å². The van der Waals surface area contributed by atoms with Gasteiger partial charge in [-0.15, -0.1) is 0 Å². The highest BCUT2D eigenvalue weighted by molar-refractivity contribution is 5.94. The lowest BCUT2D eigenvalue weighted by Crippen LogP contribution is -2.51. The van der Waals surface area contributed by atoms with Crippen LogP contribution < -0.4 is 0 Å². The van der Waals surface area contributed by atoms with Crippen molar-refractivity contribution in [3.8, 4) is 0 Å².